The third-order valence-corrected chi connectivity index (χ3v) is 4.45. The summed E-state index contributed by atoms with van der Waals surface area (Å²) in [6, 6.07) is 1.93. The van der Waals surface area contributed by atoms with Gasteiger partial charge < -0.3 is 0 Å². The Morgan fingerprint density at radius 1 is 1.55 bits per heavy atom. The lowest BCUT2D eigenvalue weighted by atomic mass is 10.4. The predicted octanol–water partition coefficient (Wildman–Crippen LogP) is 1.03. The molecule has 3 rings (SSSR count). The van der Waals surface area contributed by atoms with Gasteiger partial charge in [-0.1, -0.05) is 0 Å². The molecular formula is C10H11N7OS2. The number of rotatable bonds is 4. The van der Waals surface area contributed by atoms with E-state index < -0.39 is 0 Å². The summed E-state index contributed by atoms with van der Waals surface area (Å²) < 4.78 is 1.54. The lowest BCUT2D eigenvalue weighted by Gasteiger charge is -2.05. The number of aromatic nitrogens is 5. The van der Waals surface area contributed by atoms with E-state index >= 15 is 0 Å². The minimum Gasteiger partial charge on any atom is -0.292 e. The van der Waals surface area contributed by atoms with Crippen LogP contribution in [0.5, 0.6) is 0 Å². The molecule has 0 atom stereocenters. The van der Waals surface area contributed by atoms with Crippen LogP contribution in [0.1, 0.15) is 6.92 Å². The van der Waals surface area contributed by atoms with Gasteiger partial charge in [0, 0.05) is 11.9 Å². The van der Waals surface area contributed by atoms with Crippen molar-refractivity contribution < 1.29 is 0 Å². The van der Waals surface area contributed by atoms with Gasteiger partial charge in [0.15, 0.2) is 5.16 Å². The summed E-state index contributed by atoms with van der Waals surface area (Å²) in [6.07, 6.45) is 0. The molecule has 0 amide bonds. The summed E-state index contributed by atoms with van der Waals surface area (Å²) >= 11 is 2.80. The number of fused-ring (bicyclic) bond motifs is 1. The van der Waals surface area contributed by atoms with Crippen molar-refractivity contribution in [1.29, 1.82) is 0 Å². The highest BCUT2D eigenvalue weighted by Gasteiger charge is 2.14. The maximum absolute atomic E-state index is 11.6. The molecule has 3 heterocycles. The third-order valence-electron chi connectivity index (χ3n) is 2.65. The van der Waals surface area contributed by atoms with E-state index in [1.807, 2.05) is 18.4 Å². The van der Waals surface area contributed by atoms with Crippen LogP contribution in [0.2, 0.25) is 0 Å². The Kier molecular flexibility index (Phi) is 3.42. The number of hydrogen-bond acceptors (Lipinski definition) is 8. The highest BCUT2D eigenvalue weighted by Crippen LogP contribution is 2.32. The molecule has 0 fully saturated rings. The Morgan fingerprint density at radius 2 is 2.40 bits per heavy atom. The van der Waals surface area contributed by atoms with E-state index in [9.17, 15) is 4.79 Å². The topological polar surface area (TPSA) is 115 Å². The van der Waals surface area contributed by atoms with Crippen LogP contribution in [-0.4, -0.2) is 24.7 Å². The van der Waals surface area contributed by atoms with Gasteiger partial charge in [-0.05, 0) is 30.1 Å². The molecule has 104 valence electrons. The number of hydrogen-bond donors (Lipinski definition) is 3. The van der Waals surface area contributed by atoms with Crippen molar-refractivity contribution in [2.24, 2.45) is 5.84 Å². The number of nitrogens with two attached hydrogens (primary N) is 1. The Hall–Kier alpha value is -1.91. The summed E-state index contributed by atoms with van der Waals surface area (Å²) in [7, 11) is 0. The van der Waals surface area contributed by atoms with Gasteiger partial charge in [0.1, 0.15) is 9.86 Å². The van der Waals surface area contributed by atoms with Crippen LogP contribution in [0.3, 0.4) is 0 Å². The second kappa shape index (κ2) is 5.23. The molecule has 0 unspecified atom stereocenters. The van der Waals surface area contributed by atoms with Crippen LogP contribution in [-0.2, 0) is 6.54 Å². The quantitative estimate of drug-likeness (QED) is 0.374. The van der Waals surface area contributed by atoms with Crippen LogP contribution in [0.15, 0.2) is 26.4 Å². The fourth-order valence-corrected chi connectivity index (χ4v) is 3.54. The van der Waals surface area contributed by atoms with Gasteiger partial charge in [0.05, 0.1) is 0 Å². The zero-order valence-corrected chi connectivity index (χ0v) is 12.1. The average molecular weight is 309 g/mol. The van der Waals surface area contributed by atoms with Crippen molar-refractivity contribution in [3.8, 4) is 0 Å². The number of aromatic amines is 1. The third kappa shape index (κ3) is 2.17. The van der Waals surface area contributed by atoms with Gasteiger partial charge in [-0.25, -0.2) is 25.7 Å². The molecule has 0 aliphatic heterocycles. The normalized spacial score (nSPS) is 11.1. The molecule has 0 radical (unpaired) electrons. The highest BCUT2D eigenvalue weighted by molar-refractivity contribution is 7.99. The summed E-state index contributed by atoms with van der Waals surface area (Å²) in [4.78, 5) is 21.0. The maximum atomic E-state index is 11.6. The van der Waals surface area contributed by atoms with Crippen LogP contribution in [0.25, 0.3) is 10.2 Å². The summed E-state index contributed by atoms with van der Waals surface area (Å²) in [5.41, 5.74) is 2.21. The van der Waals surface area contributed by atoms with E-state index in [0.717, 1.165) is 10.2 Å². The Labute approximate surface area is 121 Å². The first-order chi connectivity index (χ1) is 9.72. The first-order valence-corrected chi connectivity index (χ1v) is 7.47. The molecule has 0 aromatic carbocycles. The molecule has 0 aliphatic carbocycles. The molecule has 0 spiro atoms. The number of H-pyrrole nitrogens is 1. The van der Waals surface area contributed by atoms with E-state index in [2.05, 4.69) is 25.6 Å². The van der Waals surface area contributed by atoms with Crippen molar-refractivity contribution in [2.45, 2.75) is 23.7 Å². The Bertz CT molecular complexity index is 805. The summed E-state index contributed by atoms with van der Waals surface area (Å²) in [6.45, 7) is 2.42. The largest absolute Gasteiger partial charge is 0.343 e. The monoisotopic (exact) mass is 309 g/mol. The summed E-state index contributed by atoms with van der Waals surface area (Å²) in [5.74, 6) is 5.71. The zero-order valence-electron chi connectivity index (χ0n) is 10.5. The van der Waals surface area contributed by atoms with E-state index in [1.165, 1.54) is 23.1 Å². The van der Waals surface area contributed by atoms with Gasteiger partial charge >= 0.3 is 5.69 Å². The van der Waals surface area contributed by atoms with Crippen LogP contribution in [0.4, 0.5) is 5.95 Å². The van der Waals surface area contributed by atoms with Crippen molar-refractivity contribution in [1.82, 2.24) is 24.7 Å². The minimum atomic E-state index is -0.234. The van der Waals surface area contributed by atoms with Gasteiger partial charge in [0.25, 0.3) is 0 Å². The number of anilines is 1. The standard InChI is InChI=1S/C10H11N7OS2/c1-2-17-9(18)15-16-10(17)20-7-5-3-4-19-6(5)12-8(13-7)14-11/h3-4H,2,11H2,1H3,(H,15,18)(H,12,13,14). The highest BCUT2D eigenvalue weighted by atomic mass is 32.2. The molecule has 0 bridgehead atoms. The van der Waals surface area contributed by atoms with E-state index in [4.69, 9.17) is 5.84 Å². The maximum Gasteiger partial charge on any atom is 0.343 e. The van der Waals surface area contributed by atoms with Crippen LogP contribution >= 0.6 is 23.1 Å². The lowest BCUT2D eigenvalue weighted by Crippen LogP contribution is -2.16. The van der Waals surface area contributed by atoms with Crippen molar-refractivity contribution in [3.63, 3.8) is 0 Å². The molecule has 0 saturated carbocycles. The van der Waals surface area contributed by atoms with E-state index in [-0.39, 0.29) is 5.69 Å². The first kappa shape index (κ1) is 13.1. The van der Waals surface area contributed by atoms with E-state index in [1.54, 1.807) is 4.57 Å². The van der Waals surface area contributed by atoms with E-state index in [0.29, 0.717) is 22.7 Å². The predicted molar refractivity (Wildman–Crippen MR) is 77.9 cm³/mol. The lowest BCUT2D eigenvalue weighted by molar-refractivity contribution is 0.660. The Balaban J connectivity index is 2.09. The zero-order chi connectivity index (χ0) is 14.1. The smallest absolute Gasteiger partial charge is 0.292 e. The van der Waals surface area contributed by atoms with Crippen molar-refractivity contribution >= 4 is 39.3 Å². The Morgan fingerprint density at radius 3 is 3.15 bits per heavy atom. The molecule has 10 heteroatoms. The molecule has 3 aromatic heterocycles. The SMILES string of the molecule is CCn1c(Sc2nc(NN)nc3sccc23)n[nH]c1=O. The van der Waals surface area contributed by atoms with Crippen molar-refractivity contribution in [2.75, 3.05) is 5.43 Å². The van der Waals surface area contributed by atoms with Crippen LogP contribution < -0.4 is 17.0 Å². The first-order valence-electron chi connectivity index (χ1n) is 5.78. The summed E-state index contributed by atoms with van der Waals surface area (Å²) in [5, 5.41) is 10.6. The van der Waals surface area contributed by atoms with Gasteiger partial charge in [0.2, 0.25) is 5.95 Å². The van der Waals surface area contributed by atoms with Gasteiger partial charge in [-0.15, -0.1) is 16.4 Å². The van der Waals surface area contributed by atoms with Crippen molar-refractivity contribution in [3.05, 3.63) is 21.9 Å². The second-order valence-electron chi connectivity index (χ2n) is 3.79. The molecule has 0 aliphatic rings. The molecule has 3 aromatic rings. The fraction of sp³-hybridized carbons (Fsp3) is 0.200. The van der Waals surface area contributed by atoms with Crippen LogP contribution in [0, 0.1) is 0 Å². The molecule has 4 N–H and O–H groups in total. The second-order valence-corrected chi connectivity index (χ2v) is 5.64. The fourth-order valence-electron chi connectivity index (χ4n) is 1.72. The van der Waals surface area contributed by atoms with Gasteiger partial charge in [-0.2, -0.15) is 0 Å². The average Bonchev–Trinajstić information content (AvgIpc) is 3.05. The number of nitrogens with zero attached hydrogens (tertiary/aromatic N) is 4. The number of thiophene rings is 1. The molecule has 8 nitrogen and oxygen atoms in total. The van der Waals surface area contributed by atoms with Gasteiger partial charge in [-0.3, -0.25) is 9.99 Å². The molecule has 20 heavy (non-hydrogen) atoms. The minimum absolute atomic E-state index is 0.234. The number of nitrogens with one attached hydrogen (secondary N) is 2. The molecule has 0 saturated heterocycles. The number of nitrogen functional groups attached to an aromatic ring is 1. The number of hydrazine groups is 1. The molecular weight excluding hydrogens is 298 g/mol.